The Morgan fingerprint density at radius 2 is 2.21 bits per heavy atom. The molecule has 1 saturated carbocycles. The quantitative estimate of drug-likeness (QED) is 0.946. The van der Waals surface area contributed by atoms with Gasteiger partial charge < -0.3 is 5.32 Å². The lowest BCUT2D eigenvalue weighted by Crippen LogP contribution is -2.27. The normalized spacial score (nSPS) is 14.4. The van der Waals surface area contributed by atoms with Crippen LogP contribution in [-0.4, -0.2) is 26.7 Å². The van der Waals surface area contributed by atoms with E-state index in [1.54, 1.807) is 18.3 Å². The first-order chi connectivity index (χ1) is 9.15. The maximum atomic E-state index is 12.1. The van der Waals surface area contributed by atoms with E-state index in [4.69, 9.17) is 23.2 Å². The van der Waals surface area contributed by atoms with Crippen LogP contribution in [0.4, 0.5) is 0 Å². The van der Waals surface area contributed by atoms with Crippen LogP contribution in [0.2, 0.25) is 10.2 Å². The van der Waals surface area contributed by atoms with Crippen molar-refractivity contribution in [1.29, 1.82) is 0 Å². The Labute approximate surface area is 119 Å². The van der Waals surface area contributed by atoms with Crippen LogP contribution in [0.1, 0.15) is 23.3 Å². The highest BCUT2D eigenvalue weighted by molar-refractivity contribution is 6.32. The van der Waals surface area contributed by atoms with Crippen molar-refractivity contribution in [3.63, 3.8) is 0 Å². The summed E-state index contributed by atoms with van der Waals surface area (Å²) in [6.45, 7) is 0. The Morgan fingerprint density at radius 1 is 1.42 bits per heavy atom. The molecule has 1 amide bonds. The predicted octanol–water partition coefficient (Wildman–Crippen LogP) is 2.47. The molecule has 1 fully saturated rings. The summed E-state index contributed by atoms with van der Waals surface area (Å²) in [5.74, 6) is 0.167. The number of nitrogens with one attached hydrogen (secondary N) is 1. The summed E-state index contributed by atoms with van der Waals surface area (Å²) in [6, 6.07) is 5.15. The molecule has 0 aromatic carbocycles. The van der Waals surface area contributed by atoms with Crippen LogP contribution in [0.5, 0.6) is 0 Å². The molecule has 5 nitrogen and oxygen atoms in total. The number of aromatic nitrogens is 3. The van der Waals surface area contributed by atoms with Crippen LogP contribution in [-0.2, 0) is 0 Å². The topological polar surface area (TPSA) is 59.8 Å². The molecular weight excluding hydrogens is 287 g/mol. The lowest BCUT2D eigenvalue weighted by molar-refractivity contribution is 0.0943. The first kappa shape index (κ1) is 12.4. The number of hydrogen-bond acceptors (Lipinski definition) is 3. The fourth-order valence-corrected chi connectivity index (χ4v) is 2.08. The number of nitrogens with zero attached hydrogens (tertiary/aromatic N) is 3. The maximum Gasteiger partial charge on any atom is 0.270 e. The molecule has 0 radical (unpaired) electrons. The zero-order chi connectivity index (χ0) is 13.4. The van der Waals surface area contributed by atoms with Crippen LogP contribution >= 0.6 is 23.2 Å². The summed E-state index contributed by atoms with van der Waals surface area (Å²) in [4.78, 5) is 16.2. The van der Waals surface area contributed by atoms with Crippen LogP contribution < -0.4 is 5.32 Å². The highest BCUT2D eigenvalue weighted by Crippen LogP contribution is 2.23. The van der Waals surface area contributed by atoms with E-state index in [1.807, 2.05) is 0 Å². The van der Waals surface area contributed by atoms with Gasteiger partial charge in [0.05, 0.1) is 5.02 Å². The third kappa shape index (κ3) is 2.57. The van der Waals surface area contributed by atoms with Crippen LogP contribution in [0.3, 0.4) is 0 Å². The molecule has 1 N–H and O–H groups in total. The van der Waals surface area contributed by atoms with Gasteiger partial charge in [-0.3, -0.25) is 4.79 Å². The van der Waals surface area contributed by atoms with Crippen molar-refractivity contribution in [2.45, 2.75) is 18.9 Å². The minimum Gasteiger partial charge on any atom is -0.348 e. The summed E-state index contributed by atoms with van der Waals surface area (Å²) >= 11 is 11.9. The summed E-state index contributed by atoms with van der Waals surface area (Å²) in [6.07, 6.45) is 3.61. The molecule has 1 aliphatic rings. The van der Waals surface area contributed by atoms with Gasteiger partial charge in [0, 0.05) is 18.3 Å². The second-order valence-electron chi connectivity index (χ2n) is 4.32. The molecule has 2 heterocycles. The fourth-order valence-electron chi connectivity index (χ4n) is 1.70. The third-order valence-corrected chi connectivity index (χ3v) is 3.24. The van der Waals surface area contributed by atoms with Crippen molar-refractivity contribution < 1.29 is 4.79 Å². The molecule has 0 saturated heterocycles. The molecule has 0 bridgehead atoms. The van der Waals surface area contributed by atoms with Gasteiger partial charge in [0.25, 0.3) is 5.91 Å². The molecule has 7 heteroatoms. The second kappa shape index (κ2) is 4.83. The van der Waals surface area contributed by atoms with Crippen LogP contribution in [0, 0.1) is 0 Å². The van der Waals surface area contributed by atoms with Crippen molar-refractivity contribution in [1.82, 2.24) is 20.1 Å². The van der Waals surface area contributed by atoms with E-state index in [9.17, 15) is 4.79 Å². The van der Waals surface area contributed by atoms with E-state index in [0.717, 1.165) is 12.8 Å². The molecule has 2 aromatic heterocycles. The third-order valence-electron chi connectivity index (χ3n) is 2.76. The standard InChI is InChI=1S/C12H10Cl2N4O/c13-8-2-1-5-15-11(8)18-9(6-10(14)17-18)12(19)16-7-3-4-7/h1-2,5-7H,3-4H2,(H,16,19). The molecule has 3 rings (SSSR count). The second-order valence-corrected chi connectivity index (χ2v) is 5.12. The lowest BCUT2D eigenvalue weighted by Gasteiger charge is -2.07. The maximum absolute atomic E-state index is 12.1. The zero-order valence-electron chi connectivity index (χ0n) is 9.81. The molecule has 0 aliphatic heterocycles. The number of pyridine rings is 1. The van der Waals surface area contributed by atoms with E-state index < -0.39 is 0 Å². The Bertz CT molecular complexity index is 636. The van der Waals surface area contributed by atoms with Gasteiger partial charge in [-0.15, -0.1) is 0 Å². The summed E-state index contributed by atoms with van der Waals surface area (Å²) < 4.78 is 1.36. The molecule has 0 unspecified atom stereocenters. The largest absolute Gasteiger partial charge is 0.348 e. The van der Waals surface area contributed by atoms with E-state index in [2.05, 4.69) is 15.4 Å². The molecule has 2 aromatic rings. The van der Waals surface area contributed by atoms with Crippen molar-refractivity contribution in [3.05, 3.63) is 40.3 Å². The summed E-state index contributed by atoms with van der Waals surface area (Å²) in [5.41, 5.74) is 0.331. The van der Waals surface area contributed by atoms with Gasteiger partial charge in [-0.1, -0.05) is 23.2 Å². The summed E-state index contributed by atoms with van der Waals surface area (Å²) in [7, 11) is 0. The lowest BCUT2D eigenvalue weighted by atomic mass is 10.3. The monoisotopic (exact) mass is 296 g/mol. The van der Waals surface area contributed by atoms with Crippen molar-refractivity contribution in [2.75, 3.05) is 0 Å². The molecule has 98 valence electrons. The zero-order valence-corrected chi connectivity index (χ0v) is 11.3. The molecular formula is C12H10Cl2N4O. The predicted molar refractivity (Wildman–Crippen MR) is 71.9 cm³/mol. The first-order valence-corrected chi connectivity index (χ1v) is 6.58. The average Bonchev–Trinajstić information content (AvgIpc) is 3.10. The van der Waals surface area contributed by atoms with Crippen LogP contribution in [0.15, 0.2) is 24.4 Å². The Kier molecular flexibility index (Phi) is 3.16. The van der Waals surface area contributed by atoms with E-state index >= 15 is 0 Å². The highest BCUT2D eigenvalue weighted by atomic mass is 35.5. The SMILES string of the molecule is O=C(NC1CC1)c1cc(Cl)nn1-c1ncccc1Cl. The van der Waals surface area contributed by atoms with Gasteiger partial charge in [0.15, 0.2) is 11.0 Å². The molecule has 0 atom stereocenters. The Hall–Kier alpha value is -1.59. The molecule has 1 aliphatic carbocycles. The Morgan fingerprint density at radius 3 is 2.89 bits per heavy atom. The minimum absolute atomic E-state index is 0.219. The van der Waals surface area contributed by atoms with Gasteiger partial charge in [0.1, 0.15) is 5.69 Å². The highest BCUT2D eigenvalue weighted by Gasteiger charge is 2.26. The average molecular weight is 297 g/mol. The van der Waals surface area contributed by atoms with Gasteiger partial charge >= 0.3 is 0 Å². The molecule has 0 spiro atoms. The minimum atomic E-state index is -0.219. The Balaban J connectivity index is 2.01. The number of carbonyl (C=O) groups excluding carboxylic acids is 1. The number of hydrogen-bond donors (Lipinski definition) is 1. The van der Waals surface area contributed by atoms with Crippen molar-refractivity contribution >= 4 is 29.1 Å². The van der Waals surface area contributed by atoms with Crippen molar-refractivity contribution in [2.24, 2.45) is 0 Å². The smallest absolute Gasteiger partial charge is 0.270 e. The van der Waals surface area contributed by atoms with E-state index in [-0.39, 0.29) is 17.1 Å². The number of halogens is 2. The van der Waals surface area contributed by atoms with E-state index in [1.165, 1.54) is 10.7 Å². The summed E-state index contributed by atoms with van der Waals surface area (Å²) in [5, 5.41) is 7.58. The van der Waals surface area contributed by atoms with Crippen molar-refractivity contribution in [3.8, 4) is 5.82 Å². The number of rotatable bonds is 3. The van der Waals surface area contributed by atoms with Gasteiger partial charge in [0.2, 0.25) is 0 Å². The van der Waals surface area contributed by atoms with Gasteiger partial charge in [-0.05, 0) is 25.0 Å². The number of amides is 1. The fraction of sp³-hybridized carbons (Fsp3) is 0.250. The molecule has 19 heavy (non-hydrogen) atoms. The van der Waals surface area contributed by atoms with E-state index in [0.29, 0.717) is 16.5 Å². The van der Waals surface area contributed by atoms with Crippen LogP contribution in [0.25, 0.3) is 5.82 Å². The van der Waals surface area contributed by atoms with Gasteiger partial charge in [-0.2, -0.15) is 5.10 Å². The van der Waals surface area contributed by atoms with Gasteiger partial charge in [-0.25, -0.2) is 9.67 Å². The first-order valence-electron chi connectivity index (χ1n) is 5.82. The number of carbonyl (C=O) groups is 1.